The van der Waals surface area contributed by atoms with Crippen molar-refractivity contribution in [1.82, 2.24) is 10.0 Å². The quantitative estimate of drug-likeness (QED) is 0.131. The molecule has 0 aromatic heterocycles. The first kappa shape index (κ1) is 30.6. The van der Waals surface area contributed by atoms with Gasteiger partial charge < -0.3 is 25.3 Å². The third-order valence-corrected chi connectivity index (χ3v) is 9.12. The highest BCUT2D eigenvalue weighted by atomic mass is 32.2. The van der Waals surface area contributed by atoms with Gasteiger partial charge in [0.2, 0.25) is 5.96 Å². The number of guanidine groups is 1. The van der Waals surface area contributed by atoms with Gasteiger partial charge in [-0.2, -0.15) is 0 Å². The summed E-state index contributed by atoms with van der Waals surface area (Å²) in [5.41, 5.74) is 12.1. The maximum absolute atomic E-state index is 13.0. The van der Waals surface area contributed by atoms with Crippen LogP contribution in [0, 0.1) is 20.8 Å². The zero-order valence-electron chi connectivity index (χ0n) is 24.1. The molecule has 0 spiro atoms. The van der Waals surface area contributed by atoms with Crippen molar-refractivity contribution in [3.05, 3.63) is 82.4 Å². The highest BCUT2D eigenvalue weighted by molar-refractivity contribution is 7.90. The summed E-state index contributed by atoms with van der Waals surface area (Å²) >= 11 is 0. The Morgan fingerprint density at radius 3 is 2.26 bits per heavy atom. The number of alkyl carbamates (subject to hydrolysis) is 1. The first-order valence-corrected chi connectivity index (χ1v) is 15.1. The number of rotatable bonds is 11. The Morgan fingerprint density at radius 2 is 1.67 bits per heavy atom. The van der Waals surface area contributed by atoms with E-state index in [1.807, 2.05) is 36.4 Å². The highest BCUT2D eigenvalue weighted by Crippen LogP contribution is 2.44. The molecule has 0 radical (unpaired) electrons. The second-order valence-corrected chi connectivity index (χ2v) is 11.8. The number of hydrogen-bond donors (Lipinski definition) is 3. The number of nitrogens with two attached hydrogens (primary N) is 1. The summed E-state index contributed by atoms with van der Waals surface area (Å²) in [6.45, 7) is 5.45. The first-order valence-electron chi connectivity index (χ1n) is 13.6. The Morgan fingerprint density at radius 1 is 1.05 bits per heavy atom. The van der Waals surface area contributed by atoms with Gasteiger partial charge in [0.25, 0.3) is 10.0 Å². The fourth-order valence-corrected chi connectivity index (χ4v) is 6.83. The Balaban J connectivity index is 1.28. The van der Waals surface area contributed by atoms with Crippen molar-refractivity contribution in [2.75, 3.05) is 20.3 Å². The molecule has 4 N–H and O–H groups in total. The van der Waals surface area contributed by atoms with E-state index in [2.05, 4.69) is 27.2 Å². The molecule has 1 aliphatic rings. The van der Waals surface area contributed by atoms with E-state index in [1.165, 1.54) is 7.11 Å². The lowest BCUT2D eigenvalue weighted by Crippen LogP contribution is -2.38. The number of aldehydes is 1. The zero-order chi connectivity index (χ0) is 30.4. The number of carbonyl (C=O) groups is 2. The van der Waals surface area contributed by atoms with Gasteiger partial charge in [-0.1, -0.05) is 48.5 Å². The van der Waals surface area contributed by atoms with Crippen LogP contribution in [-0.4, -0.2) is 53.1 Å². The molecule has 1 amide bonds. The number of methoxy groups -OCH3 is 1. The van der Waals surface area contributed by atoms with Gasteiger partial charge in [0.05, 0.1) is 18.0 Å². The number of aliphatic imine (C=N–C) groups is 1. The second-order valence-electron chi connectivity index (χ2n) is 10.2. The molecule has 0 saturated carbocycles. The summed E-state index contributed by atoms with van der Waals surface area (Å²) in [5.74, 6) is 0.241. The normalized spacial score (nSPS) is 13.6. The number of nitrogens with one attached hydrogen (secondary N) is 2. The van der Waals surface area contributed by atoms with E-state index < -0.39 is 22.2 Å². The Kier molecular flexibility index (Phi) is 9.52. The molecule has 0 bridgehead atoms. The lowest BCUT2D eigenvalue weighted by molar-refractivity contribution is -0.109. The standard InChI is InChI=1S/C31H36N4O6S/c1-19-16-28(40-4)20(2)21(3)29(19)42(38,39)35-30(32)33-15-9-10-22(17-36)34-31(37)41-18-27-25-13-7-5-11-23(25)24-12-6-8-14-26(24)27/h5-8,11-14,16-17,22,27H,9-10,15,18H2,1-4H3,(H,34,37)(H3,32,33,35)/t22-/m0/s1. The van der Waals surface area contributed by atoms with Crippen molar-refractivity contribution < 1.29 is 27.5 Å². The van der Waals surface area contributed by atoms with Gasteiger partial charge in [0.15, 0.2) is 0 Å². The van der Waals surface area contributed by atoms with Crippen LogP contribution in [0.4, 0.5) is 4.79 Å². The number of fused-ring (bicyclic) bond motifs is 3. The smallest absolute Gasteiger partial charge is 0.407 e. The summed E-state index contributed by atoms with van der Waals surface area (Å²) in [7, 11) is -2.46. The van der Waals surface area contributed by atoms with Gasteiger partial charge in [0, 0.05) is 12.5 Å². The van der Waals surface area contributed by atoms with Crippen molar-refractivity contribution >= 4 is 28.4 Å². The molecule has 0 fully saturated rings. The second kappa shape index (κ2) is 13.1. The number of carbonyl (C=O) groups excluding carboxylic acids is 2. The molecule has 0 unspecified atom stereocenters. The SMILES string of the molecule is COc1cc(C)c(S(=O)(=O)NC(N)=NCCC[C@@H](C=O)NC(=O)OCC2c3ccccc3-c3ccccc32)c(C)c1C. The average Bonchev–Trinajstić information content (AvgIpc) is 3.28. The van der Waals surface area contributed by atoms with Gasteiger partial charge in [-0.15, -0.1) is 0 Å². The number of benzene rings is 3. The predicted molar refractivity (Wildman–Crippen MR) is 161 cm³/mol. The summed E-state index contributed by atoms with van der Waals surface area (Å²) < 4.78 is 39.2. The van der Waals surface area contributed by atoms with E-state index in [-0.39, 0.29) is 36.3 Å². The lowest BCUT2D eigenvalue weighted by Gasteiger charge is -2.17. The number of sulfonamides is 1. The molecule has 1 atom stereocenters. The van der Waals surface area contributed by atoms with Crippen LogP contribution < -0.4 is 20.5 Å². The number of amides is 1. The van der Waals surface area contributed by atoms with E-state index in [4.69, 9.17) is 15.2 Å². The monoisotopic (exact) mass is 592 g/mol. The van der Waals surface area contributed by atoms with Crippen LogP contribution in [0.5, 0.6) is 5.75 Å². The fourth-order valence-electron chi connectivity index (χ4n) is 5.34. The largest absolute Gasteiger partial charge is 0.496 e. The molecule has 1 aliphatic carbocycles. The minimum Gasteiger partial charge on any atom is -0.496 e. The molecule has 4 rings (SSSR count). The molecule has 222 valence electrons. The number of ether oxygens (including phenoxy) is 2. The molecule has 42 heavy (non-hydrogen) atoms. The van der Waals surface area contributed by atoms with Crippen LogP contribution in [0.2, 0.25) is 0 Å². The van der Waals surface area contributed by atoms with Crippen molar-refractivity contribution in [2.45, 2.75) is 50.5 Å². The summed E-state index contributed by atoms with van der Waals surface area (Å²) in [6, 6.07) is 16.9. The van der Waals surface area contributed by atoms with E-state index in [9.17, 15) is 18.0 Å². The fraction of sp³-hybridized carbons (Fsp3) is 0.323. The summed E-state index contributed by atoms with van der Waals surface area (Å²) in [6.07, 6.45) is 0.585. The van der Waals surface area contributed by atoms with E-state index in [0.29, 0.717) is 35.1 Å². The highest BCUT2D eigenvalue weighted by Gasteiger charge is 2.29. The third-order valence-electron chi connectivity index (χ3n) is 7.47. The Hall–Kier alpha value is -4.38. The van der Waals surface area contributed by atoms with Crippen LogP contribution >= 0.6 is 0 Å². The van der Waals surface area contributed by atoms with Crippen LogP contribution in [0.3, 0.4) is 0 Å². The topological polar surface area (TPSA) is 149 Å². The number of hydrogen-bond acceptors (Lipinski definition) is 7. The molecule has 3 aromatic carbocycles. The predicted octanol–water partition coefficient (Wildman–Crippen LogP) is 4.10. The average molecular weight is 593 g/mol. The van der Waals surface area contributed by atoms with Crippen molar-refractivity contribution in [3.63, 3.8) is 0 Å². The third kappa shape index (κ3) is 6.57. The minimum absolute atomic E-state index is 0.0895. The van der Waals surface area contributed by atoms with Gasteiger partial charge in [-0.05, 0) is 78.6 Å². The molecule has 11 heteroatoms. The number of nitrogens with zero attached hydrogens (tertiary/aromatic N) is 1. The van der Waals surface area contributed by atoms with Crippen molar-refractivity contribution in [1.29, 1.82) is 0 Å². The van der Waals surface area contributed by atoms with Crippen LogP contribution in [0.15, 0.2) is 64.5 Å². The van der Waals surface area contributed by atoms with Crippen molar-refractivity contribution in [3.8, 4) is 16.9 Å². The van der Waals surface area contributed by atoms with Gasteiger partial charge in [-0.3, -0.25) is 4.99 Å². The van der Waals surface area contributed by atoms with Crippen LogP contribution in [0.25, 0.3) is 11.1 Å². The van der Waals surface area contributed by atoms with E-state index in [0.717, 1.165) is 22.3 Å². The molecule has 0 heterocycles. The molecular formula is C31H36N4O6S. The van der Waals surface area contributed by atoms with Gasteiger partial charge in [-0.25, -0.2) is 17.9 Å². The van der Waals surface area contributed by atoms with Gasteiger partial charge in [0.1, 0.15) is 18.6 Å². The number of aryl methyl sites for hydroxylation is 1. The van der Waals surface area contributed by atoms with Crippen LogP contribution in [-0.2, 0) is 19.6 Å². The Bertz CT molecular complexity index is 1570. The molecule has 3 aromatic rings. The lowest BCUT2D eigenvalue weighted by atomic mass is 9.98. The van der Waals surface area contributed by atoms with E-state index >= 15 is 0 Å². The summed E-state index contributed by atoms with van der Waals surface area (Å²) in [5, 5.41) is 2.58. The minimum atomic E-state index is -3.98. The first-order chi connectivity index (χ1) is 20.1. The molecular weight excluding hydrogens is 556 g/mol. The molecule has 0 aliphatic heterocycles. The van der Waals surface area contributed by atoms with E-state index in [1.54, 1.807) is 26.8 Å². The van der Waals surface area contributed by atoms with Crippen molar-refractivity contribution in [2.24, 2.45) is 10.7 Å². The van der Waals surface area contributed by atoms with Gasteiger partial charge >= 0.3 is 6.09 Å². The summed E-state index contributed by atoms with van der Waals surface area (Å²) in [4.78, 5) is 28.3. The van der Waals surface area contributed by atoms with Crippen LogP contribution in [0.1, 0.15) is 46.6 Å². The Labute approximate surface area is 246 Å². The maximum atomic E-state index is 13.0. The zero-order valence-corrected chi connectivity index (χ0v) is 25.0. The molecule has 10 nitrogen and oxygen atoms in total. The molecule has 0 saturated heterocycles. The maximum Gasteiger partial charge on any atom is 0.407 e.